The molecular weight excluding hydrogens is 312 g/mol. The molecule has 1 fully saturated rings. The number of benzene rings is 2. The largest absolute Gasteiger partial charge is 0.496 e. The van der Waals surface area contributed by atoms with Gasteiger partial charge in [0.2, 0.25) is 5.91 Å². The third kappa shape index (κ3) is 3.40. The quantitative estimate of drug-likeness (QED) is 0.912. The van der Waals surface area contributed by atoms with Gasteiger partial charge in [0.05, 0.1) is 12.5 Å². The van der Waals surface area contributed by atoms with Crippen molar-refractivity contribution in [2.45, 2.75) is 31.7 Å². The number of nitrogens with two attached hydrogens (primary N) is 1. The van der Waals surface area contributed by atoms with E-state index in [1.165, 1.54) is 11.1 Å². The van der Waals surface area contributed by atoms with Gasteiger partial charge in [0.1, 0.15) is 5.75 Å². The van der Waals surface area contributed by atoms with E-state index in [-0.39, 0.29) is 5.91 Å². The maximum atomic E-state index is 12.3. The van der Waals surface area contributed by atoms with Crippen LogP contribution in [0.15, 0.2) is 48.5 Å². The Morgan fingerprint density at radius 2 is 1.80 bits per heavy atom. The maximum absolute atomic E-state index is 12.3. The Kier molecular flexibility index (Phi) is 5.09. The number of primary amides is 1. The van der Waals surface area contributed by atoms with Gasteiger partial charge in [-0.3, -0.25) is 9.69 Å². The van der Waals surface area contributed by atoms with Gasteiger partial charge in [-0.1, -0.05) is 42.5 Å². The lowest BCUT2D eigenvalue weighted by Gasteiger charge is -2.40. The van der Waals surface area contributed by atoms with Crippen LogP contribution in [-0.4, -0.2) is 31.0 Å². The predicted molar refractivity (Wildman–Crippen MR) is 99.6 cm³/mol. The Bertz CT molecular complexity index is 735. The number of likely N-dealkylation sites (tertiary alicyclic amines) is 1. The Hall–Kier alpha value is -2.33. The molecule has 25 heavy (non-hydrogen) atoms. The van der Waals surface area contributed by atoms with Crippen LogP contribution in [0.5, 0.6) is 5.75 Å². The van der Waals surface area contributed by atoms with E-state index >= 15 is 0 Å². The summed E-state index contributed by atoms with van der Waals surface area (Å²) >= 11 is 0. The Morgan fingerprint density at radius 1 is 1.12 bits per heavy atom. The molecule has 0 aromatic heterocycles. The minimum Gasteiger partial charge on any atom is -0.496 e. The molecule has 1 aliphatic heterocycles. The van der Waals surface area contributed by atoms with E-state index in [4.69, 9.17) is 10.5 Å². The van der Waals surface area contributed by atoms with Crippen LogP contribution in [0.25, 0.3) is 0 Å². The third-order valence-corrected chi connectivity index (χ3v) is 5.52. The molecule has 0 atom stereocenters. The molecule has 0 bridgehead atoms. The molecule has 1 heterocycles. The van der Waals surface area contributed by atoms with Crippen molar-refractivity contribution in [3.63, 3.8) is 0 Å². The van der Waals surface area contributed by atoms with Crippen molar-refractivity contribution in [2.75, 3.05) is 20.2 Å². The Morgan fingerprint density at radius 3 is 2.40 bits per heavy atom. The molecule has 0 spiro atoms. The lowest BCUT2D eigenvalue weighted by atomic mass is 9.72. The van der Waals surface area contributed by atoms with Crippen LogP contribution in [0.2, 0.25) is 0 Å². The zero-order valence-electron chi connectivity index (χ0n) is 15.0. The van der Waals surface area contributed by atoms with Crippen LogP contribution in [0.3, 0.4) is 0 Å². The van der Waals surface area contributed by atoms with Crippen LogP contribution < -0.4 is 10.5 Å². The first-order valence-corrected chi connectivity index (χ1v) is 8.77. The number of hydrogen-bond acceptors (Lipinski definition) is 3. The van der Waals surface area contributed by atoms with Gasteiger partial charge in [-0.2, -0.15) is 0 Å². The van der Waals surface area contributed by atoms with Gasteiger partial charge in [-0.25, -0.2) is 0 Å². The lowest BCUT2D eigenvalue weighted by molar-refractivity contribution is -0.125. The topological polar surface area (TPSA) is 55.6 Å². The van der Waals surface area contributed by atoms with Crippen molar-refractivity contribution in [1.82, 2.24) is 4.90 Å². The van der Waals surface area contributed by atoms with Crippen LogP contribution >= 0.6 is 0 Å². The number of rotatable bonds is 5. The van der Waals surface area contributed by atoms with E-state index in [9.17, 15) is 4.79 Å². The summed E-state index contributed by atoms with van der Waals surface area (Å²) in [6, 6.07) is 16.1. The number of carbonyl (C=O) groups is 1. The SMILES string of the molecule is COc1cccc(CN2CCC(C(N)=O)(c3ccccc3)CC2)c1C. The third-order valence-electron chi connectivity index (χ3n) is 5.52. The molecule has 1 saturated heterocycles. The normalized spacial score (nSPS) is 17.2. The number of piperidine rings is 1. The van der Waals surface area contributed by atoms with Gasteiger partial charge >= 0.3 is 0 Å². The molecule has 4 heteroatoms. The van der Waals surface area contributed by atoms with Crippen molar-refractivity contribution < 1.29 is 9.53 Å². The second-order valence-corrected chi connectivity index (χ2v) is 6.83. The number of ether oxygens (including phenoxy) is 1. The highest BCUT2D eigenvalue weighted by Crippen LogP contribution is 2.36. The highest BCUT2D eigenvalue weighted by molar-refractivity contribution is 5.86. The number of hydrogen-bond donors (Lipinski definition) is 1. The van der Waals surface area contributed by atoms with Crippen LogP contribution in [0.4, 0.5) is 0 Å². The zero-order valence-corrected chi connectivity index (χ0v) is 15.0. The lowest BCUT2D eigenvalue weighted by Crippen LogP contribution is -2.49. The molecule has 1 aliphatic rings. The summed E-state index contributed by atoms with van der Waals surface area (Å²) in [5.74, 6) is 0.709. The summed E-state index contributed by atoms with van der Waals surface area (Å²) in [7, 11) is 1.70. The van der Waals surface area contributed by atoms with Crippen molar-refractivity contribution in [1.29, 1.82) is 0 Å². The van der Waals surface area contributed by atoms with Gasteiger partial charge in [-0.05, 0) is 55.6 Å². The first-order valence-electron chi connectivity index (χ1n) is 8.77. The van der Waals surface area contributed by atoms with Gasteiger partial charge < -0.3 is 10.5 Å². The second-order valence-electron chi connectivity index (χ2n) is 6.83. The standard InChI is InChI=1S/C21H26N2O2/c1-16-17(7-6-10-19(16)25-2)15-23-13-11-21(12-14-23,20(22)24)18-8-4-3-5-9-18/h3-10H,11-15H2,1-2H3,(H2,22,24). The van der Waals surface area contributed by atoms with Crippen molar-refractivity contribution in [3.05, 3.63) is 65.2 Å². The Balaban J connectivity index is 1.74. The van der Waals surface area contributed by atoms with Crippen molar-refractivity contribution >= 4 is 5.91 Å². The fourth-order valence-electron chi connectivity index (χ4n) is 3.82. The average Bonchev–Trinajstić information content (AvgIpc) is 2.64. The van der Waals surface area contributed by atoms with E-state index in [1.54, 1.807) is 7.11 Å². The average molecular weight is 338 g/mol. The summed E-state index contributed by atoms with van der Waals surface area (Å²) in [6.45, 7) is 4.67. The molecule has 0 unspecified atom stereocenters. The molecule has 1 amide bonds. The van der Waals surface area contributed by atoms with Crippen molar-refractivity contribution in [2.24, 2.45) is 5.73 Å². The fourth-order valence-corrected chi connectivity index (χ4v) is 3.82. The molecule has 2 aromatic rings. The smallest absolute Gasteiger partial charge is 0.228 e. The summed E-state index contributed by atoms with van der Waals surface area (Å²) < 4.78 is 5.42. The number of carbonyl (C=O) groups excluding carboxylic acids is 1. The fraction of sp³-hybridized carbons (Fsp3) is 0.381. The van der Waals surface area contributed by atoms with Gasteiger partial charge in [-0.15, -0.1) is 0 Å². The molecule has 4 nitrogen and oxygen atoms in total. The minimum atomic E-state index is -0.540. The van der Waals surface area contributed by atoms with E-state index < -0.39 is 5.41 Å². The number of methoxy groups -OCH3 is 1. The highest BCUT2D eigenvalue weighted by Gasteiger charge is 2.41. The number of nitrogens with zero attached hydrogens (tertiary/aromatic N) is 1. The highest BCUT2D eigenvalue weighted by atomic mass is 16.5. The molecular formula is C21H26N2O2. The van der Waals surface area contributed by atoms with Crippen LogP contribution in [-0.2, 0) is 16.8 Å². The molecule has 0 radical (unpaired) electrons. The minimum absolute atomic E-state index is 0.212. The predicted octanol–water partition coefficient (Wildman–Crippen LogP) is 3.02. The maximum Gasteiger partial charge on any atom is 0.228 e. The summed E-state index contributed by atoms with van der Waals surface area (Å²) in [4.78, 5) is 14.7. The van der Waals surface area contributed by atoms with Gasteiger partial charge in [0.25, 0.3) is 0 Å². The number of amides is 1. The first-order chi connectivity index (χ1) is 12.1. The Labute approximate surface area is 149 Å². The van der Waals surface area contributed by atoms with Gasteiger partial charge in [0.15, 0.2) is 0 Å². The summed E-state index contributed by atoms with van der Waals surface area (Å²) in [6.07, 6.45) is 1.52. The van der Waals surface area contributed by atoms with Crippen LogP contribution in [0, 0.1) is 6.92 Å². The van der Waals surface area contributed by atoms with Gasteiger partial charge in [0, 0.05) is 6.54 Å². The van der Waals surface area contributed by atoms with Crippen LogP contribution in [0.1, 0.15) is 29.5 Å². The van der Waals surface area contributed by atoms with E-state index in [1.807, 2.05) is 42.5 Å². The van der Waals surface area contributed by atoms with E-state index in [2.05, 4.69) is 17.9 Å². The van der Waals surface area contributed by atoms with E-state index in [0.29, 0.717) is 0 Å². The molecule has 3 rings (SSSR count). The zero-order chi connectivity index (χ0) is 17.9. The molecule has 0 aliphatic carbocycles. The summed E-state index contributed by atoms with van der Waals surface area (Å²) in [5.41, 5.74) is 8.77. The van der Waals surface area contributed by atoms with E-state index in [0.717, 1.165) is 43.8 Å². The molecule has 2 aromatic carbocycles. The first kappa shape index (κ1) is 17.5. The second kappa shape index (κ2) is 7.28. The molecule has 0 saturated carbocycles. The van der Waals surface area contributed by atoms with Crippen molar-refractivity contribution in [3.8, 4) is 5.75 Å². The molecule has 2 N–H and O–H groups in total. The molecule has 132 valence electrons. The summed E-state index contributed by atoms with van der Waals surface area (Å²) in [5, 5.41) is 0. The monoisotopic (exact) mass is 338 g/mol.